The maximum atomic E-state index is 13.3. The van der Waals surface area contributed by atoms with Crippen molar-refractivity contribution in [3.05, 3.63) is 71.8 Å². The smallest absolute Gasteiger partial charge is 0.257 e. The third-order valence-electron chi connectivity index (χ3n) is 6.77. The van der Waals surface area contributed by atoms with Crippen LogP contribution >= 0.6 is 0 Å². The lowest BCUT2D eigenvalue weighted by atomic mass is 9.87. The van der Waals surface area contributed by atoms with Crippen LogP contribution in [-0.4, -0.2) is 41.3 Å². The van der Waals surface area contributed by atoms with Crippen LogP contribution in [0, 0.1) is 0 Å². The first-order valence-electron chi connectivity index (χ1n) is 13.1. The molecule has 0 bridgehead atoms. The third kappa shape index (κ3) is 6.71. The van der Waals surface area contributed by atoms with Gasteiger partial charge in [0.05, 0.1) is 5.92 Å². The van der Waals surface area contributed by atoms with Gasteiger partial charge in [-0.05, 0) is 36.8 Å². The molecule has 35 heavy (non-hydrogen) atoms. The van der Waals surface area contributed by atoms with Crippen LogP contribution in [0.5, 0.6) is 0 Å². The highest BCUT2D eigenvalue weighted by Gasteiger charge is 2.46. The molecule has 6 nitrogen and oxygen atoms in total. The molecule has 0 spiro atoms. The van der Waals surface area contributed by atoms with Crippen LogP contribution in [0.15, 0.2) is 65.7 Å². The number of unbranched alkanes of at least 4 members (excludes halogenated alkanes) is 3. The summed E-state index contributed by atoms with van der Waals surface area (Å²) >= 11 is 0. The Balaban J connectivity index is 1.53. The molecule has 188 valence electrons. The van der Waals surface area contributed by atoms with Crippen molar-refractivity contribution in [1.82, 2.24) is 10.2 Å². The SMILES string of the molecule is CCCCC1(CCCC)N=C(N)N(CCCCNC(=O)C(c2ccccc2)c2ccccc2)C1=O. The van der Waals surface area contributed by atoms with E-state index in [-0.39, 0.29) is 17.7 Å². The molecule has 0 saturated heterocycles. The molecule has 0 aromatic heterocycles. The van der Waals surface area contributed by atoms with E-state index in [0.717, 1.165) is 62.5 Å². The predicted molar refractivity (Wildman–Crippen MR) is 142 cm³/mol. The second kappa shape index (κ2) is 13.1. The van der Waals surface area contributed by atoms with Gasteiger partial charge in [-0.3, -0.25) is 14.5 Å². The van der Waals surface area contributed by atoms with E-state index in [2.05, 4.69) is 24.2 Å². The Bertz CT molecular complexity index is 927. The highest BCUT2D eigenvalue weighted by Crippen LogP contribution is 2.33. The molecule has 6 heteroatoms. The quantitative estimate of drug-likeness (QED) is 0.377. The highest BCUT2D eigenvalue weighted by atomic mass is 16.2. The zero-order valence-electron chi connectivity index (χ0n) is 21.2. The van der Waals surface area contributed by atoms with Gasteiger partial charge in [0.15, 0.2) is 5.96 Å². The molecule has 1 aliphatic heterocycles. The molecule has 2 amide bonds. The minimum Gasteiger partial charge on any atom is -0.369 e. The fourth-order valence-corrected chi connectivity index (χ4v) is 4.78. The zero-order valence-corrected chi connectivity index (χ0v) is 21.2. The van der Waals surface area contributed by atoms with E-state index >= 15 is 0 Å². The summed E-state index contributed by atoms with van der Waals surface area (Å²) in [5.74, 6) is 0.0329. The molecular formula is C29H40N4O2. The number of hydrogen-bond acceptors (Lipinski definition) is 4. The van der Waals surface area contributed by atoms with E-state index in [1.54, 1.807) is 4.90 Å². The van der Waals surface area contributed by atoms with Gasteiger partial charge in [-0.2, -0.15) is 0 Å². The number of benzene rings is 2. The van der Waals surface area contributed by atoms with Crippen molar-refractivity contribution in [2.45, 2.75) is 76.7 Å². The van der Waals surface area contributed by atoms with Gasteiger partial charge in [-0.25, -0.2) is 4.99 Å². The molecule has 0 atom stereocenters. The zero-order chi connectivity index (χ0) is 25.1. The molecule has 2 aromatic rings. The lowest BCUT2D eigenvalue weighted by molar-refractivity contribution is -0.132. The van der Waals surface area contributed by atoms with E-state index in [1.165, 1.54) is 0 Å². The highest BCUT2D eigenvalue weighted by molar-refractivity contribution is 6.06. The van der Waals surface area contributed by atoms with Crippen LogP contribution in [0.3, 0.4) is 0 Å². The average Bonchev–Trinajstić information content (AvgIpc) is 3.11. The topological polar surface area (TPSA) is 87.8 Å². The van der Waals surface area contributed by atoms with Gasteiger partial charge in [0.1, 0.15) is 5.54 Å². The number of nitrogens with two attached hydrogens (primary N) is 1. The Kier molecular flexibility index (Phi) is 9.88. The van der Waals surface area contributed by atoms with Crippen molar-refractivity contribution in [1.29, 1.82) is 0 Å². The van der Waals surface area contributed by atoms with E-state index in [4.69, 9.17) is 5.73 Å². The summed E-state index contributed by atoms with van der Waals surface area (Å²) in [5.41, 5.74) is 7.47. The van der Waals surface area contributed by atoms with E-state index in [1.807, 2.05) is 60.7 Å². The maximum Gasteiger partial charge on any atom is 0.257 e. The van der Waals surface area contributed by atoms with Crippen molar-refractivity contribution in [2.75, 3.05) is 13.1 Å². The number of carbonyl (C=O) groups excluding carboxylic acids is 2. The van der Waals surface area contributed by atoms with Gasteiger partial charge < -0.3 is 11.1 Å². The van der Waals surface area contributed by atoms with Gasteiger partial charge in [0.25, 0.3) is 5.91 Å². The minimum atomic E-state index is -0.678. The van der Waals surface area contributed by atoms with Crippen LogP contribution in [0.2, 0.25) is 0 Å². The van der Waals surface area contributed by atoms with Crippen LogP contribution < -0.4 is 11.1 Å². The Morgan fingerprint density at radius 1 is 0.914 bits per heavy atom. The van der Waals surface area contributed by atoms with Gasteiger partial charge in [-0.15, -0.1) is 0 Å². The number of nitrogens with zero attached hydrogens (tertiary/aromatic N) is 2. The summed E-state index contributed by atoms with van der Waals surface area (Å²) in [5, 5.41) is 3.10. The first-order valence-corrected chi connectivity index (χ1v) is 13.1. The fraction of sp³-hybridized carbons (Fsp3) is 0.483. The van der Waals surface area contributed by atoms with Crippen molar-refractivity contribution in [2.24, 2.45) is 10.7 Å². The third-order valence-corrected chi connectivity index (χ3v) is 6.77. The largest absolute Gasteiger partial charge is 0.369 e. The molecule has 0 fully saturated rings. The Morgan fingerprint density at radius 3 is 1.97 bits per heavy atom. The molecular weight excluding hydrogens is 436 g/mol. The lowest BCUT2D eigenvalue weighted by Crippen LogP contribution is -2.45. The van der Waals surface area contributed by atoms with Crippen molar-refractivity contribution in [3.63, 3.8) is 0 Å². The summed E-state index contributed by atoms with van der Waals surface area (Å²) in [6, 6.07) is 19.7. The number of guanidine groups is 1. The molecule has 3 rings (SSSR count). The van der Waals surface area contributed by atoms with E-state index in [0.29, 0.717) is 19.0 Å². The number of rotatable bonds is 14. The number of aliphatic imine (C=N–C) groups is 1. The second-order valence-corrected chi connectivity index (χ2v) is 9.42. The lowest BCUT2D eigenvalue weighted by Gasteiger charge is -2.26. The molecule has 2 aromatic carbocycles. The van der Waals surface area contributed by atoms with Crippen molar-refractivity contribution in [3.8, 4) is 0 Å². The van der Waals surface area contributed by atoms with Crippen LogP contribution in [0.4, 0.5) is 0 Å². The normalized spacial score (nSPS) is 14.9. The monoisotopic (exact) mass is 476 g/mol. The molecule has 0 aliphatic carbocycles. The van der Waals surface area contributed by atoms with Crippen molar-refractivity contribution >= 4 is 17.8 Å². The molecule has 1 aliphatic rings. The first-order chi connectivity index (χ1) is 17.0. The summed E-state index contributed by atoms with van der Waals surface area (Å²) in [7, 11) is 0. The number of hydrogen-bond donors (Lipinski definition) is 2. The number of nitrogens with one attached hydrogen (secondary N) is 1. The van der Waals surface area contributed by atoms with Crippen molar-refractivity contribution < 1.29 is 9.59 Å². The molecule has 0 radical (unpaired) electrons. The minimum absolute atomic E-state index is 0.0149. The molecule has 3 N–H and O–H groups in total. The Morgan fingerprint density at radius 2 is 1.46 bits per heavy atom. The Labute approximate surface area is 210 Å². The van der Waals surface area contributed by atoms with Gasteiger partial charge in [-0.1, -0.05) is 100 Å². The molecule has 0 unspecified atom stereocenters. The van der Waals surface area contributed by atoms with Gasteiger partial charge >= 0.3 is 0 Å². The maximum absolute atomic E-state index is 13.3. The summed E-state index contributed by atoms with van der Waals surface area (Å²) < 4.78 is 0. The number of carbonyl (C=O) groups is 2. The van der Waals surface area contributed by atoms with Crippen LogP contribution in [0.1, 0.15) is 82.3 Å². The summed E-state index contributed by atoms with van der Waals surface area (Å²) in [4.78, 5) is 32.8. The second-order valence-electron chi connectivity index (χ2n) is 9.42. The van der Waals surface area contributed by atoms with Crippen LogP contribution in [-0.2, 0) is 9.59 Å². The summed E-state index contributed by atoms with van der Waals surface area (Å²) in [6.07, 6.45) is 7.03. The predicted octanol–water partition coefficient (Wildman–Crippen LogP) is 4.99. The van der Waals surface area contributed by atoms with E-state index < -0.39 is 5.54 Å². The molecule has 0 saturated carbocycles. The van der Waals surface area contributed by atoms with Gasteiger partial charge in [0.2, 0.25) is 5.91 Å². The summed E-state index contributed by atoms with van der Waals surface area (Å²) in [6.45, 7) is 5.34. The van der Waals surface area contributed by atoms with Crippen LogP contribution in [0.25, 0.3) is 0 Å². The van der Waals surface area contributed by atoms with Gasteiger partial charge in [0, 0.05) is 13.1 Å². The Hall–Kier alpha value is -3.15. The number of amides is 2. The standard InChI is InChI=1S/C29H40N4O2/c1-3-5-19-29(20-6-4-2)27(35)33(28(30)32-29)22-14-13-21-31-26(34)25(23-15-9-7-10-16-23)24-17-11-8-12-18-24/h7-12,15-18,25H,3-6,13-14,19-22H2,1-2H3,(H2,30,32)(H,31,34). The molecule has 1 heterocycles. The van der Waals surface area contributed by atoms with E-state index in [9.17, 15) is 9.59 Å². The average molecular weight is 477 g/mol. The first kappa shape index (κ1) is 26.5. The fourth-order valence-electron chi connectivity index (χ4n) is 4.78.